The van der Waals surface area contributed by atoms with Gasteiger partial charge >= 0.3 is 0 Å². The molecule has 2 aromatic heterocycles. The van der Waals surface area contributed by atoms with Crippen LogP contribution in [-0.4, -0.2) is 31.3 Å². The van der Waals surface area contributed by atoms with Crippen LogP contribution in [0.1, 0.15) is 0 Å². The third kappa shape index (κ3) is 2.09. The van der Waals surface area contributed by atoms with E-state index in [4.69, 9.17) is 14.1 Å². The molecule has 1 aliphatic rings. The average molecular weight is 286 g/mol. The second-order valence-electron chi connectivity index (χ2n) is 4.76. The molecule has 0 unspecified atom stereocenters. The fraction of sp³-hybridized carbons (Fsp3) is 0.267. The van der Waals surface area contributed by atoms with Crippen molar-refractivity contribution in [2.45, 2.75) is 0 Å². The zero-order chi connectivity index (χ0) is 13.4. The number of thiazole rings is 1. The van der Waals surface area contributed by atoms with Gasteiger partial charge in [-0.2, -0.15) is 0 Å². The fourth-order valence-corrected chi connectivity index (χ4v) is 3.45. The third-order valence-electron chi connectivity index (χ3n) is 3.46. The van der Waals surface area contributed by atoms with E-state index in [9.17, 15) is 0 Å². The van der Waals surface area contributed by atoms with Crippen LogP contribution in [0.2, 0.25) is 0 Å². The fourth-order valence-electron chi connectivity index (χ4n) is 2.40. The van der Waals surface area contributed by atoms with Crippen molar-refractivity contribution in [1.82, 2.24) is 4.98 Å². The van der Waals surface area contributed by atoms with Gasteiger partial charge in [0.05, 0.1) is 29.7 Å². The van der Waals surface area contributed by atoms with E-state index in [1.807, 2.05) is 12.1 Å². The van der Waals surface area contributed by atoms with Gasteiger partial charge in [-0.05, 0) is 30.3 Å². The first-order chi connectivity index (χ1) is 9.90. The van der Waals surface area contributed by atoms with E-state index in [-0.39, 0.29) is 0 Å². The van der Waals surface area contributed by atoms with Gasteiger partial charge in [-0.3, -0.25) is 0 Å². The number of ether oxygens (including phenoxy) is 1. The Morgan fingerprint density at radius 2 is 2.05 bits per heavy atom. The largest absolute Gasteiger partial charge is 0.464 e. The summed E-state index contributed by atoms with van der Waals surface area (Å²) >= 11 is 1.73. The number of furan rings is 1. The van der Waals surface area contributed by atoms with E-state index in [2.05, 4.69) is 23.1 Å². The highest BCUT2D eigenvalue weighted by atomic mass is 32.1. The Labute approximate surface area is 120 Å². The monoisotopic (exact) mass is 286 g/mol. The average Bonchev–Trinajstić information content (AvgIpc) is 3.16. The number of hydrogen-bond donors (Lipinski definition) is 0. The number of morpholine rings is 1. The number of fused-ring (bicyclic) bond motifs is 1. The van der Waals surface area contributed by atoms with Crippen LogP contribution >= 0.6 is 11.3 Å². The first-order valence-corrected chi connectivity index (χ1v) is 7.49. The van der Waals surface area contributed by atoms with Gasteiger partial charge in [0, 0.05) is 18.7 Å². The SMILES string of the molecule is c1coc(-c2ccc3nc(N4CCOCC4)sc3c2)c1. The maximum absolute atomic E-state index is 5.45. The van der Waals surface area contributed by atoms with Crippen molar-refractivity contribution in [3.05, 3.63) is 36.6 Å². The normalized spacial score (nSPS) is 15.9. The second-order valence-corrected chi connectivity index (χ2v) is 5.76. The predicted octanol–water partition coefficient (Wildman–Crippen LogP) is 3.39. The van der Waals surface area contributed by atoms with Crippen molar-refractivity contribution in [3.63, 3.8) is 0 Å². The molecule has 1 aromatic carbocycles. The number of rotatable bonds is 2. The van der Waals surface area contributed by atoms with Crippen LogP contribution in [0.15, 0.2) is 41.0 Å². The van der Waals surface area contributed by atoms with Crippen LogP contribution in [0, 0.1) is 0 Å². The first kappa shape index (κ1) is 11.9. The molecule has 3 aromatic rings. The summed E-state index contributed by atoms with van der Waals surface area (Å²) in [6.45, 7) is 3.41. The Morgan fingerprint density at radius 1 is 1.15 bits per heavy atom. The van der Waals surface area contributed by atoms with Crippen LogP contribution in [-0.2, 0) is 4.74 Å². The summed E-state index contributed by atoms with van der Waals surface area (Å²) in [7, 11) is 0. The van der Waals surface area contributed by atoms with Crippen molar-refractivity contribution >= 4 is 26.7 Å². The molecule has 0 saturated carbocycles. The van der Waals surface area contributed by atoms with Crippen LogP contribution < -0.4 is 4.90 Å². The lowest BCUT2D eigenvalue weighted by Crippen LogP contribution is -2.36. The van der Waals surface area contributed by atoms with Gasteiger partial charge < -0.3 is 14.1 Å². The van der Waals surface area contributed by atoms with Crippen molar-refractivity contribution in [1.29, 1.82) is 0 Å². The second kappa shape index (κ2) is 4.92. The summed E-state index contributed by atoms with van der Waals surface area (Å²) in [6, 6.07) is 10.2. The number of aromatic nitrogens is 1. The van der Waals surface area contributed by atoms with Gasteiger partial charge in [0.25, 0.3) is 0 Å². The molecular formula is C15H14N2O2S. The van der Waals surface area contributed by atoms with Crippen molar-refractivity contribution in [2.24, 2.45) is 0 Å². The maximum atomic E-state index is 5.45. The van der Waals surface area contributed by atoms with E-state index < -0.39 is 0 Å². The highest BCUT2D eigenvalue weighted by Gasteiger charge is 2.15. The van der Waals surface area contributed by atoms with E-state index in [1.54, 1.807) is 17.6 Å². The summed E-state index contributed by atoms with van der Waals surface area (Å²) in [5.41, 5.74) is 2.14. The molecule has 0 spiro atoms. The van der Waals surface area contributed by atoms with Crippen molar-refractivity contribution < 1.29 is 9.15 Å². The zero-order valence-electron chi connectivity index (χ0n) is 10.9. The number of anilines is 1. The molecular weight excluding hydrogens is 272 g/mol. The van der Waals surface area contributed by atoms with E-state index in [1.165, 1.54) is 4.70 Å². The van der Waals surface area contributed by atoms with Gasteiger partial charge in [-0.25, -0.2) is 4.98 Å². The smallest absolute Gasteiger partial charge is 0.186 e. The van der Waals surface area contributed by atoms with Gasteiger partial charge in [-0.1, -0.05) is 11.3 Å². The Hall–Kier alpha value is -1.85. The minimum Gasteiger partial charge on any atom is -0.464 e. The first-order valence-electron chi connectivity index (χ1n) is 6.67. The molecule has 0 bridgehead atoms. The molecule has 1 fully saturated rings. The van der Waals surface area contributed by atoms with Gasteiger partial charge in [0.1, 0.15) is 5.76 Å². The van der Waals surface area contributed by atoms with E-state index in [0.29, 0.717) is 0 Å². The molecule has 4 nitrogen and oxygen atoms in total. The highest BCUT2D eigenvalue weighted by molar-refractivity contribution is 7.22. The Bertz CT molecular complexity index is 715. The molecule has 0 atom stereocenters. The molecule has 0 aliphatic carbocycles. The van der Waals surface area contributed by atoms with Crippen LogP contribution in [0.25, 0.3) is 21.5 Å². The van der Waals surface area contributed by atoms with Crippen LogP contribution in [0.5, 0.6) is 0 Å². The predicted molar refractivity (Wildman–Crippen MR) is 80.4 cm³/mol. The highest BCUT2D eigenvalue weighted by Crippen LogP contribution is 2.32. The molecule has 0 N–H and O–H groups in total. The van der Waals surface area contributed by atoms with E-state index >= 15 is 0 Å². The van der Waals surface area contributed by atoms with Crippen molar-refractivity contribution in [2.75, 3.05) is 31.2 Å². The lowest BCUT2D eigenvalue weighted by Gasteiger charge is -2.25. The molecule has 5 heteroatoms. The third-order valence-corrected chi connectivity index (χ3v) is 4.54. The number of nitrogens with zero attached hydrogens (tertiary/aromatic N) is 2. The molecule has 1 aliphatic heterocycles. The number of hydrogen-bond acceptors (Lipinski definition) is 5. The Morgan fingerprint density at radius 3 is 2.85 bits per heavy atom. The summed E-state index contributed by atoms with van der Waals surface area (Å²) in [5, 5.41) is 1.08. The molecule has 102 valence electrons. The topological polar surface area (TPSA) is 38.5 Å². The summed E-state index contributed by atoms with van der Waals surface area (Å²) in [4.78, 5) is 7.01. The quantitative estimate of drug-likeness (QED) is 0.724. The van der Waals surface area contributed by atoms with Crippen molar-refractivity contribution in [3.8, 4) is 11.3 Å². The van der Waals surface area contributed by atoms with Gasteiger partial charge in [0.2, 0.25) is 0 Å². The Kier molecular flexibility index (Phi) is 2.94. The van der Waals surface area contributed by atoms with Crippen LogP contribution in [0.4, 0.5) is 5.13 Å². The summed E-state index contributed by atoms with van der Waals surface area (Å²) < 4.78 is 12.0. The molecule has 0 radical (unpaired) electrons. The Balaban J connectivity index is 1.72. The van der Waals surface area contributed by atoms with Gasteiger partial charge in [0.15, 0.2) is 5.13 Å². The minimum atomic E-state index is 0.785. The van der Waals surface area contributed by atoms with E-state index in [0.717, 1.165) is 48.3 Å². The molecule has 20 heavy (non-hydrogen) atoms. The summed E-state index contributed by atoms with van der Waals surface area (Å²) in [5.74, 6) is 0.897. The maximum Gasteiger partial charge on any atom is 0.186 e. The number of benzene rings is 1. The van der Waals surface area contributed by atoms with Crippen LogP contribution in [0.3, 0.4) is 0 Å². The lowest BCUT2D eigenvalue weighted by atomic mass is 10.2. The summed E-state index contributed by atoms with van der Waals surface area (Å²) in [6.07, 6.45) is 1.70. The lowest BCUT2D eigenvalue weighted by molar-refractivity contribution is 0.122. The standard InChI is InChI=1S/C15H14N2O2S/c1-2-13(19-7-1)11-3-4-12-14(10-11)20-15(16-12)17-5-8-18-9-6-17/h1-4,7,10H,5-6,8-9H2. The molecule has 0 amide bonds. The van der Waals surface area contributed by atoms with Gasteiger partial charge in [-0.15, -0.1) is 0 Å². The molecule has 1 saturated heterocycles. The zero-order valence-corrected chi connectivity index (χ0v) is 11.7. The molecule has 3 heterocycles. The molecule has 4 rings (SSSR count). The minimum absolute atomic E-state index is 0.785.